The second-order valence-electron chi connectivity index (χ2n) is 2.73. The zero-order valence-corrected chi connectivity index (χ0v) is 8.53. The Labute approximate surface area is 78.2 Å². The number of likely N-dealkylation sites (N-methyl/N-ethyl adjacent to an activating group) is 2. The normalized spacial score (nSPS) is 10.2. The van der Waals surface area contributed by atoms with Crippen molar-refractivity contribution in [1.82, 2.24) is 5.32 Å². The van der Waals surface area contributed by atoms with E-state index < -0.39 is 0 Å². The molecule has 0 amide bonds. The largest absolute Gasteiger partial charge is 0.365 e. The van der Waals surface area contributed by atoms with Gasteiger partial charge in [-0.3, -0.25) is 0 Å². The molecule has 0 radical (unpaired) electrons. The van der Waals surface area contributed by atoms with Crippen molar-refractivity contribution in [3.05, 3.63) is 17.5 Å². The summed E-state index contributed by atoms with van der Waals surface area (Å²) in [7, 11) is 2.13. The average Bonchev–Trinajstić information content (AvgIpc) is 2.56. The van der Waals surface area contributed by atoms with E-state index in [0.29, 0.717) is 0 Å². The van der Waals surface area contributed by atoms with Crippen LogP contribution in [0, 0.1) is 0 Å². The standard InChI is InChI=1S/C9H16N2S/c1-3-10-6-7-11(2)9-5-4-8-12-9/h4-5,8,10H,3,6-7H2,1-2H3. The van der Waals surface area contributed by atoms with E-state index >= 15 is 0 Å². The van der Waals surface area contributed by atoms with Gasteiger partial charge in [0.15, 0.2) is 0 Å². The van der Waals surface area contributed by atoms with Crippen molar-refractivity contribution < 1.29 is 0 Å². The van der Waals surface area contributed by atoms with Gasteiger partial charge in [0.25, 0.3) is 0 Å². The maximum atomic E-state index is 3.30. The summed E-state index contributed by atoms with van der Waals surface area (Å²) < 4.78 is 0. The lowest BCUT2D eigenvalue weighted by Gasteiger charge is -2.16. The monoisotopic (exact) mass is 184 g/mol. The Hall–Kier alpha value is -0.540. The van der Waals surface area contributed by atoms with Crippen LogP contribution >= 0.6 is 11.3 Å². The van der Waals surface area contributed by atoms with Crippen molar-refractivity contribution >= 4 is 16.3 Å². The van der Waals surface area contributed by atoms with Crippen LogP contribution in [0.3, 0.4) is 0 Å². The van der Waals surface area contributed by atoms with Crippen molar-refractivity contribution in [3.8, 4) is 0 Å². The van der Waals surface area contributed by atoms with Crippen LogP contribution in [0.25, 0.3) is 0 Å². The topological polar surface area (TPSA) is 15.3 Å². The van der Waals surface area contributed by atoms with Crippen molar-refractivity contribution in [3.63, 3.8) is 0 Å². The van der Waals surface area contributed by atoms with Crippen molar-refractivity contribution in [1.29, 1.82) is 0 Å². The van der Waals surface area contributed by atoms with E-state index in [-0.39, 0.29) is 0 Å². The van der Waals surface area contributed by atoms with Gasteiger partial charge < -0.3 is 10.2 Å². The molecule has 0 saturated carbocycles. The van der Waals surface area contributed by atoms with Crippen molar-refractivity contribution in [2.24, 2.45) is 0 Å². The fraction of sp³-hybridized carbons (Fsp3) is 0.556. The molecule has 0 atom stereocenters. The molecule has 0 aliphatic rings. The van der Waals surface area contributed by atoms with Gasteiger partial charge in [0, 0.05) is 20.1 Å². The predicted octanol–water partition coefficient (Wildman–Crippen LogP) is 1.79. The summed E-state index contributed by atoms with van der Waals surface area (Å²) in [5.41, 5.74) is 0. The average molecular weight is 184 g/mol. The highest BCUT2D eigenvalue weighted by atomic mass is 32.1. The molecule has 2 nitrogen and oxygen atoms in total. The van der Waals surface area contributed by atoms with Gasteiger partial charge in [-0.2, -0.15) is 0 Å². The summed E-state index contributed by atoms with van der Waals surface area (Å²) in [6.07, 6.45) is 0. The minimum atomic E-state index is 1.05. The maximum Gasteiger partial charge on any atom is 0.0906 e. The van der Waals surface area contributed by atoms with E-state index in [9.17, 15) is 0 Å². The summed E-state index contributed by atoms with van der Waals surface area (Å²) in [5.74, 6) is 0. The fourth-order valence-electron chi connectivity index (χ4n) is 1.02. The lowest BCUT2D eigenvalue weighted by molar-refractivity contribution is 0.708. The van der Waals surface area contributed by atoms with E-state index in [1.165, 1.54) is 5.00 Å². The van der Waals surface area contributed by atoms with Crippen molar-refractivity contribution in [2.45, 2.75) is 6.92 Å². The Bertz CT molecular complexity index is 196. The molecule has 0 fully saturated rings. The van der Waals surface area contributed by atoms with Gasteiger partial charge in [-0.25, -0.2) is 0 Å². The van der Waals surface area contributed by atoms with Gasteiger partial charge in [0.05, 0.1) is 5.00 Å². The molecular weight excluding hydrogens is 168 g/mol. The van der Waals surface area contributed by atoms with E-state index in [4.69, 9.17) is 0 Å². The molecular formula is C9H16N2S. The van der Waals surface area contributed by atoms with E-state index in [2.05, 4.69) is 41.7 Å². The van der Waals surface area contributed by atoms with Gasteiger partial charge in [0.1, 0.15) is 0 Å². The molecule has 0 spiro atoms. The number of nitrogens with one attached hydrogen (secondary N) is 1. The highest BCUT2D eigenvalue weighted by Gasteiger charge is 1.98. The zero-order chi connectivity index (χ0) is 8.81. The molecule has 0 bridgehead atoms. The Morgan fingerprint density at radius 3 is 3.00 bits per heavy atom. The maximum absolute atomic E-state index is 3.30. The third kappa shape index (κ3) is 2.83. The number of anilines is 1. The zero-order valence-electron chi connectivity index (χ0n) is 7.71. The Morgan fingerprint density at radius 1 is 1.58 bits per heavy atom. The number of thiophene rings is 1. The van der Waals surface area contributed by atoms with E-state index in [1.54, 1.807) is 11.3 Å². The molecule has 68 valence electrons. The van der Waals surface area contributed by atoms with Crippen LogP contribution in [0.2, 0.25) is 0 Å². The molecule has 12 heavy (non-hydrogen) atoms. The molecule has 1 aromatic rings. The molecule has 1 N–H and O–H groups in total. The smallest absolute Gasteiger partial charge is 0.0906 e. The van der Waals surface area contributed by atoms with Crippen LogP contribution in [0.15, 0.2) is 17.5 Å². The van der Waals surface area contributed by atoms with Gasteiger partial charge in [0.2, 0.25) is 0 Å². The molecule has 0 saturated heterocycles. The van der Waals surface area contributed by atoms with Gasteiger partial charge in [-0.05, 0) is 24.1 Å². The van der Waals surface area contributed by atoms with Crippen LogP contribution in [0.4, 0.5) is 5.00 Å². The Balaban J connectivity index is 2.25. The molecule has 0 aliphatic carbocycles. The minimum Gasteiger partial charge on any atom is -0.365 e. The highest BCUT2D eigenvalue weighted by Crippen LogP contribution is 2.18. The Morgan fingerprint density at radius 2 is 2.42 bits per heavy atom. The Kier molecular flexibility index (Phi) is 4.11. The second kappa shape index (κ2) is 5.17. The van der Waals surface area contributed by atoms with Crippen LogP contribution in [0.1, 0.15) is 6.92 Å². The molecule has 0 aliphatic heterocycles. The summed E-state index contributed by atoms with van der Waals surface area (Å²) >= 11 is 1.79. The summed E-state index contributed by atoms with van der Waals surface area (Å²) in [6, 6.07) is 4.24. The summed E-state index contributed by atoms with van der Waals surface area (Å²) in [6.45, 7) is 5.32. The first-order valence-electron chi connectivity index (χ1n) is 4.30. The lowest BCUT2D eigenvalue weighted by atomic mass is 10.5. The van der Waals surface area contributed by atoms with Crippen LogP contribution in [0.5, 0.6) is 0 Å². The van der Waals surface area contributed by atoms with Gasteiger partial charge >= 0.3 is 0 Å². The van der Waals surface area contributed by atoms with Crippen LogP contribution < -0.4 is 10.2 Å². The molecule has 1 aromatic heterocycles. The number of rotatable bonds is 5. The van der Waals surface area contributed by atoms with Gasteiger partial charge in [-0.1, -0.05) is 6.92 Å². The fourth-order valence-corrected chi connectivity index (χ4v) is 1.75. The number of hydrogen-bond acceptors (Lipinski definition) is 3. The molecule has 1 rings (SSSR count). The van der Waals surface area contributed by atoms with Crippen LogP contribution in [-0.2, 0) is 0 Å². The predicted molar refractivity (Wildman–Crippen MR) is 56.1 cm³/mol. The molecule has 3 heteroatoms. The van der Waals surface area contributed by atoms with Crippen LogP contribution in [-0.4, -0.2) is 26.7 Å². The molecule has 0 unspecified atom stereocenters. The molecule has 0 aromatic carbocycles. The first kappa shape index (κ1) is 9.55. The third-order valence-corrected chi connectivity index (χ3v) is 2.74. The second-order valence-corrected chi connectivity index (χ2v) is 3.65. The number of hydrogen-bond donors (Lipinski definition) is 1. The third-order valence-electron chi connectivity index (χ3n) is 1.76. The minimum absolute atomic E-state index is 1.05. The van der Waals surface area contributed by atoms with Gasteiger partial charge in [-0.15, -0.1) is 11.3 Å². The van der Waals surface area contributed by atoms with Crippen molar-refractivity contribution in [2.75, 3.05) is 31.6 Å². The first-order chi connectivity index (χ1) is 5.84. The molecule has 1 heterocycles. The highest BCUT2D eigenvalue weighted by molar-refractivity contribution is 7.14. The first-order valence-corrected chi connectivity index (χ1v) is 5.18. The summed E-state index contributed by atoms with van der Waals surface area (Å²) in [4.78, 5) is 2.27. The van der Waals surface area contributed by atoms with E-state index in [0.717, 1.165) is 19.6 Å². The SMILES string of the molecule is CCNCCN(C)c1cccs1. The lowest BCUT2D eigenvalue weighted by Crippen LogP contribution is -2.28. The quantitative estimate of drug-likeness (QED) is 0.702. The number of nitrogens with zero attached hydrogens (tertiary/aromatic N) is 1. The van der Waals surface area contributed by atoms with E-state index in [1.807, 2.05) is 0 Å². The summed E-state index contributed by atoms with van der Waals surface area (Å²) in [5, 5.41) is 6.75.